The SMILES string of the molecule is N#CC1(Nc2cccc3ccccc23)C2CC3CC(C2)CC1C3. The van der Waals surface area contributed by atoms with Gasteiger partial charge in [-0.25, -0.2) is 0 Å². The molecule has 4 fully saturated rings. The van der Waals surface area contributed by atoms with Crippen molar-refractivity contribution in [3.63, 3.8) is 0 Å². The molecule has 1 N–H and O–H groups in total. The smallest absolute Gasteiger partial charge is 0.131 e. The molecule has 0 aliphatic heterocycles. The lowest BCUT2D eigenvalue weighted by Crippen LogP contribution is -2.61. The monoisotopic (exact) mass is 302 g/mol. The fourth-order valence-electron chi connectivity index (χ4n) is 5.90. The fraction of sp³-hybridized carbons (Fsp3) is 0.476. The molecule has 0 amide bonds. The molecule has 4 aliphatic carbocycles. The molecule has 0 saturated heterocycles. The zero-order valence-electron chi connectivity index (χ0n) is 13.3. The summed E-state index contributed by atoms with van der Waals surface area (Å²) in [5.74, 6) is 2.83. The minimum absolute atomic E-state index is 0.350. The largest absolute Gasteiger partial charge is 0.366 e. The Morgan fingerprint density at radius 2 is 1.52 bits per heavy atom. The minimum Gasteiger partial charge on any atom is -0.366 e. The molecule has 0 unspecified atom stereocenters. The van der Waals surface area contributed by atoms with E-state index in [-0.39, 0.29) is 5.54 Å². The van der Waals surface area contributed by atoms with Crippen LogP contribution in [0.25, 0.3) is 10.8 Å². The number of rotatable bonds is 2. The van der Waals surface area contributed by atoms with Crippen molar-refractivity contribution in [3.05, 3.63) is 42.5 Å². The first kappa shape index (κ1) is 13.4. The van der Waals surface area contributed by atoms with Gasteiger partial charge in [-0.1, -0.05) is 36.4 Å². The summed E-state index contributed by atoms with van der Waals surface area (Å²) in [6, 6.07) is 17.6. The highest BCUT2D eigenvalue weighted by Gasteiger charge is 2.57. The molecule has 2 nitrogen and oxygen atoms in total. The lowest BCUT2D eigenvalue weighted by molar-refractivity contribution is -0.0206. The topological polar surface area (TPSA) is 35.8 Å². The van der Waals surface area contributed by atoms with Crippen LogP contribution >= 0.6 is 0 Å². The molecule has 0 heterocycles. The highest BCUT2D eigenvalue weighted by molar-refractivity contribution is 5.94. The molecular weight excluding hydrogens is 280 g/mol. The predicted octanol–water partition coefficient (Wildman–Crippen LogP) is 4.97. The summed E-state index contributed by atoms with van der Waals surface area (Å²) in [6.07, 6.45) is 6.41. The van der Waals surface area contributed by atoms with E-state index in [0.29, 0.717) is 11.8 Å². The summed E-state index contributed by atoms with van der Waals surface area (Å²) >= 11 is 0. The fourth-order valence-corrected chi connectivity index (χ4v) is 5.90. The van der Waals surface area contributed by atoms with Gasteiger partial charge in [-0.2, -0.15) is 5.26 Å². The molecule has 0 atom stereocenters. The van der Waals surface area contributed by atoms with Gasteiger partial charge in [-0.3, -0.25) is 0 Å². The molecule has 2 heteroatoms. The number of nitrogens with one attached hydrogen (secondary N) is 1. The number of hydrogen-bond acceptors (Lipinski definition) is 2. The van der Waals surface area contributed by atoms with Gasteiger partial charge >= 0.3 is 0 Å². The van der Waals surface area contributed by atoms with Gasteiger partial charge in [0.05, 0.1) is 6.07 Å². The zero-order valence-corrected chi connectivity index (χ0v) is 13.3. The average molecular weight is 302 g/mol. The molecule has 0 aromatic heterocycles. The highest BCUT2D eigenvalue weighted by atomic mass is 15.0. The lowest BCUT2D eigenvalue weighted by Gasteiger charge is -2.58. The Morgan fingerprint density at radius 1 is 0.870 bits per heavy atom. The van der Waals surface area contributed by atoms with Crippen molar-refractivity contribution < 1.29 is 0 Å². The number of anilines is 1. The molecule has 0 radical (unpaired) electrons. The molecule has 6 rings (SSSR count). The molecular formula is C21H22N2. The van der Waals surface area contributed by atoms with Crippen molar-refractivity contribution in [2.24, 2.45) is 23.7 Å². The Hall–Kier alpha value is -2.01. The van der Waals surface area contributed by atoms with Crippen LogP contribution in [0.5, 0.6) is 0 Å². The van der Waals surface area contributed by atoms with Gasteiger partial charge in [0.1, 0.15) is 5.54 Å². The minimum atomic E-state index is -0.350. The van der Waals surface area contributed by atoms with Crippen LogP contribution in [-0.4, -0.2) is 5.54 Å². The normalized spacial score (nSPS) is 37.7. The van der Waals surface area contributed by atoms with Crippen LogP contribution < -0.4 is 5.32 Å². The van der Waals surface area contributed by atoms with Crippen LogP contribution in [0.1, 0.15) is 32.1 Å². The molecule has 4 aliphatic rings. The molecule has 116 valence electrons. The van der Waals surface area contributed by atoms with E-state index in [0.717, 1.165) is 17.5 Å². The van der Waals surface area contributed by atoms with Crippen LogP contribution in [0.15, 0.2) is 42.5 Å². The Kier molecular flexibility index (Phi) is 2.77. The van der Waals surface area contributed by atoms with Crippen LogP contribution in [0, 0.1) is 35.0 Å². The van der Waals surface area contributed by atoms with Crippen LogP contribution in [0.4, 0.5) is 5.69 Å². The predicted molar refractivity (Wildman–Crippen MR) is 93.0 cm³/mol. The molecule has 0 spiro atoms. The third kappa shape index (κ3) is 1.86. The number of nitriles is 1. The van der Waals surface area contributed by atoms with E-state index in [1.54, 1.807) is 0 Å². The Balaban J connectivity index is 1.59. The lowest BCUT2D eigenvalue weighted by atomic mass is 9.49. The molecule has 2 aromatic rings. The molecule has 23 heavy (non-hydrogen) atoms. The van der Waals surface area contributed by atoms with Crippen LogP contribution in [0.2, 0.25) is 0 Å². The second kappa shape index (κ2) is 4.74. The van der Waals surface area contributed by atoms with E-state index in [4.69, 9.17) is 0 Å². The third-order valence-electron chi connectivity index (χ3n) is 6.74. The van der Waals surface area contributed by atoms with Gasteiger partial charge in [0.25, 0.3) is 0 Å². The van der Waals surface area contributed by atoms with Gasteiger partial charge in [0.2, 0.25) is 0 Å². The van der Waals surface area contributed by atoms with Crippen molar-refractivity contribution in [1.82, 2.24) is 0 Å². The molecule has 4 saturated carbocycles. The second-order valence-corrected chi connectivity index (χ2v) is 7.94. The van der Waals surface area contributed by atoms with E-state index in [2.05, 4.69) is 53.9 Å². The van der Waals surface area contributed by atoms with E-state index in [9.17, 15) is 5.26 Å². The number of benzene rings is 2. The number of hydrogen-bond donors (Lipinski definition) is 1. The number of fused-ring (bicyclic) bond motifs is 1. The standard InChI is InChI=1S/C21H22N2/c22-13-21(17-9-14-8-15(11-17)12-18(21)10-14)23-20-7-3-5-16-4-1-2-6-19(16)20/h1-7,14-15,17-18,23H,8-12H2. The van der Waals surface area contributed by atoms with E-state index >= 15 is 0 Å². The zero-order chi connectivity index (χ0) is 15.4. The summed E-state index contributed by atoms with van der Waals surface area (Å²) < 4.78 is 0. The van der Waals surface area contributed by atoms with E-state index < -0.39 is 0 Å². The quantitative estimate of drug-likeness (QED) is 0.850. The molecule has 2 aromatic carbocycles. The maximum absolute atomic E-state index is 10.2. The first-order valence-electron chi connectivity index (χ1n) is 8.95. The van der Waals surface area contributed by atoms with Gasteiger partial charge in [-0.05, 0) is 67.2 Å². The van der Waals surface area contributed by atoms with Crippen molar-refractivity contribution in [2.75, 3.05) is 5.32 Å². The summed E-state index contributed by atoms with van der Waals surface area (Å²) in [4.78, 5) is 0. The maximum atomic E-state index is 10.2. The first-order chi connectivity index (χ1) is 11.3. The van der Waals surface area contributed by atoms with Crippen molar-refractivity contribution in [1.29, 1.82) is 5.26 Å². The van der Waals surface area contributed by atoms with Crippen molar-refractivity contribution in [2.45, 2.75) is 37.6 Å². The van der Waals surface area contributed by atoms with Crippen LogP contribution in [-0.2, 0) is 0 Å². The Labute approximate surface area is 137 Å². The summed E-state index contributed by atoms with van der Waals surface area (Å²) in [6.45, 7) is 0. The van der Waals surface area contributed by atoms with Crippen molar-refractivity contribution >= 4 is 16.5 Å². The van der Waals surface area contributed by atoms with Crippen LogP contribution in [0.3, 0.4) is 0 Å². The Bertz CT molecular complexity index is 768. The van der Waals surface area contributed by atoms with E-state index in [1.165, 1.54) is 42.9 Å². The summed E-state index contributed by atoms with van der Waals surface area (Å²) in [5.41, 5.74) is 0.787. The van der Waals surface area contributed by atoms with Gasteiger partial charge < -0.3 is 5.32 Å². The molecule has 4 bridgehead atoms. The second-order valence-electron chi connectivity index (χ2n) is 7.94. The number of nitrogens with zero attached hydrogens (tertiary/aromatic N) is 1. The third-order valence-corrected chi connectivity index (χ3v) is 6.74. The highest BCUT2D eigenvalue weighted by Crippen LogP contribution is 2.59. The summed E-state index contributed by atoms with van der Waals surface area (Å²) in [5, 5.41) is 16.4. The van der Waals surface area contributed by atoms with Gasteiger partial charge in [-0.15, -0.1) is 0 Å². The van der Waals surface area contributed by atoms with Crippen molar-refractivity contribution in [3.8, 4) is 6.07 Å². The summed E-state index contributed by atoms with van der Waals surface area (Å²) in [7, 11) is 0. The van der Waals surface area contributed by atoms with Gasteiger partial charge in [0, 0.05) is 11.1 Å². The van der Waals surface area contributed by atoms with Gasteiger partial charge in [0.15, 0.2) is 0 Å². The van der Waals surface area contributed by atoms with E-state index in [1.807, 2.05) is 0 Å². The Morgan fingerprint density at radius 3 is 2.22 bits per heavy atom. The first-order valence-corrected chi connectivity index (χ1v) is 8.95. The average Bonchev–Trinajstić information content (AvgIpc) is 2.58. The maximum Gasteiger partial charge on any atom is 0.131 e.